The maximum atomic E-state index is 11.6. The van der Waals surface area contributed by atoms with E-state index in [9.17, 15) is 4.79 Å². The van der Waals surface area contributed by atoms with Gasteiger partial charge in [0, 0.05) is 12.2 Å². The number of carbonyl (C=O) groups excluding carboxylic acids is 1. The molecule has 0 aliphatic carbocycles. The Kier molecular flexibility index (Phi) is 2.79. The molecule has 1 amide bonds. The van der Waals surface area contributed by atoms with Crippen LogP contribution in [0, 0.1) is 6.07 Å². The molecule has 3 nitrogen and oxygen atoms in total. The minimum absolute atomic E-state index is 0.0329. The maximum Gasteiger partial charge on any atom is 0.251 e. The molecule has 14 heavy (non-hydrogen) atoms. The Labute approximate surface area is 83.1 Å². The fourth-order valence-electron chi connectivity index (χ4n) is 1.46. The van der Waals surface area contributed by atoms with Gasteiger partial charge in [0.05, 0.1) is 12.6 Å². The molecule has 1 aromatic rings. The first-order chi connectivity index (χ1) is 6.86. The highest BCUT2D eigenvalue weighted by Crippen LogP contribution is 2.05. The first kappa shape index (κ1) is 9.21. The second-order valence-electron chi connectivity index (χ2n) is 3.32. The maximum absolute atomic E-state index is 11.6. The van der Waals surface area contributed by atoms with Crippen molar-refractivity contribution in [3.8, 4) is 0 Å². The summed E-state index contributed by atoms with van der Waals surface area (Å²) in [6.45, 7) is 1.37. The van der Waals surface area contributed by atoms with Crippen molar-refractivity contribution in [2.75, 3.05) is 13.2 Å². The lowest BCUT2D eigenvalue weighted by Crippen LogP contribution is -2.34. The normalized spacial score (nSPS) is 20.7. The lowest BCUT2D eigenvalue weighted by molar-refractivity contribution is 0.0930. The Morgan fingerprint density at radius 2 is 2.29 bits per heavy atom. The van der Waals surface area contributed by atoms with E-state index in [1.54, 1.807) is 24.3 Å². The molecule has 0 bridgehead atoms. The van der Waals surface area contributed by atoms with Crippen LogP contribution >= 0.6 is 0 Å². The number of hydrogen-bond acceptors (Lipinski definition) is 2. The predicted molar refractivity (Wildman–Crippen MR) is 52.0 cm³/mol. The first-order valence-electron chi connectivity index (χ1n) is 4.71. The molecule has 1 aliphatic rings. The second-order valence-corrected chi connectivity index (χ2v) is 3.32. The smallest absolute Gasteiger partial charge is 0.251 e. The molecule has 0 aromatic heterocycles. The SMILES string of the molecule is O=C(NC1CCOC1)c1cc[c]cc1. The molecule has 1 heterocycles. The van der Waals surface area contributed by atoms with Crippen LogP contribution in [-0.4, -0.2) is 25.2 Å². The van der Waals surface area contributed by atoms with Crippen molar-refractivity contribution in [2.24, 2.45) is 0 Å². The van der Waals surface area contributed by atoms with Crippen molar-refractivity contribution in [1.82, 2.24) is 5.32 Å². The molecule has 1 saturated heterocycles. The summed E-state index contributed by atoms with van der Waals surface area (Å²) >= 11 is 0. The zero-order valence-electron chi connectivity index (χ0n) is 7.82. The van der Waals surface area contributed by atoms with Crippen LogP contribution in [0.15, 0.2) is 24.3 Å². The number of rotatable bonds is 2. The fraction of sp³-hybridized carbons (Fsp3) is 0.364. The van der Waals surface area contributed by atoms with Crippen LogP contribution < -0.4 is 5.32 Å². The Morgan fingerprint density at radius 1 is 1.50 bits per heavy atom. The van der Waals surface area contributed by atoms with Crippen LogP contribution in [0.2, 0.25) is 0 Å². The lowest BCUT2D eigenvalue weighted by atomic mass is 10.2. The molecule has 73 valence electrons. The van der Waals surface area contributed by atoms with Crippen LogP contribution in [0.1, 0.15) is 16.8 Å². The predicted octanol–water partition coefficient (Wildman–Crippen LogP) is 1.01. The molecule has 1 unspecified atom stereocenters. The Morgan fingerprint density at radius 3 is 2.93 bits per heavy atom. The van der Waals surface area contributed by atoms with Gasteiger partial charge in [-0.2, -0.15) is 0 Å². The van der Waals surface area contributed by atoms with Gasteiger partial charge in [-0.1, -0.05) is 12.1 Å². The van der Waals surface area contributed by atoms with Gasteiger partial charge in [0.2, 0.25) is 0 Å². The van der Waals surface area contributed by atoms with Gasteiger partial charge in [-0.15, -0.1) is 0 Å². The number of amides is 1. The Balaban J connectivity index is 1.95. The summed E-state index contributed by atoms with van der Waals surface area (Å²) < 4.78 is 5.17. The van der Waals surface area contributed by atoms with Crippen molar-refractivity contribution in [1.29, 1.82) is 0 Å². The third-order valence-corrected chi connectivity index (χ3v) is 2.25. The van der Waals surface area contributed by atoms with Crippen molar-refractivity contribution in [3.05, 3.63) is 35.9 Å². The van der Waals surface area contributed by atoms with Crippen molar-refractivity contribution in [2.45, 2.75) is 12.5 Å². The van der Waals surface area contributed by atoms with E-state index in [2.05, 4.69) is 11.4 Å². The number of ether oxygens (including phenoxy) is 1. The number of nitrogens with one attached hydrogen (secondary N) is 1. The number of carbonyl (C=O) groups is 1. The van der Waals surface area contributed by atoms with Gasteiger partial charge >= 0.3 is 0 Å². The summed E-state index contributed by atoms with van der Waals surface area (Å²) in [5.41, 5.74) is 0.677. The van der Waals surface area contributed by atoms with Gasteiger partial charge < -0.3 is 10.1 Å². The van der Waals surface area contributed by atoms with Crippen LogP contribution in [0.3, 0.4) is 0 Å². The second kappa shape index (κ2) is 4.24. The van der Waals surface area contributed by atoms with Gasteiger partial charge in [0.15, 0.2) is 0 Å². The van der Waals surface area contributed by atoms with E-state index in [0.29, 0.717) is 12.2 Å². The average molecular weight is 190 g/mol. The zero-order valence-corrected chi connectivity index (χ0v) is 7.82. The zero-order chi connectivity index (χ0) is 9.80. The van der Waals surface area contributed by atoms with Crippen molar-refractivity contribution >= 4 is 5.91 Å². The number of hydrogen-bond donors (Lipinski definition) is 1. The van der Waals surface area contributed by atoms with Crippen LogP contribution in [0.25, 0.3) is 0 Å². The average Bonchev–Trinajstić information content (AvgIpc) is 2.72. The van der Waals surface area contributed by atoms with Crippen LogP contribution in [0.5, 0.6) is 0 Å². The van der Waals surface area contributed by atoms with Crippen molar-refractivity contribution < 1.29 is 9.53 Å². The molecule has 1 radical (unpaired) electrons. The van der Waals surface area contributed by atoms with E-state index in [0.717, 1.165) is 13.0 Å². The minimum atomic E-state index is -0.0329. The van der Waals surface area contributed by atoms with Gasteiger partial charge in [-0.25, -0.2) is 0 Å². The summed E-state index contributed by atoms with van der Waals surface area (Å²) in [6, 6.07) is 10.0. The van der Waals surface area contributed by atoms with E-state index in [1.165, 1.54) is 0 Å². The first-order valence-corrected chi connectivity index (χ1v) is 4.71. The molecule has 1 N–H and O–H groups in total. The highest BCUT2D eigenvalue weighted by atomic mass is 16.5. The van der Waals surface area contributed by atoms with Gasteiger partial charge in [0.25, 0.3) is 5.91 Å². The molecule has 0 saturated carbocycles. The molecule has 3 heteroatoms. The van der Waals surface area contributed by atoms with E-state index < -0.39 is 0 Å². The van der Waals surface area contributed by atoms with Gasteiger partial charge in [-0.3, -0.25) is 4.79 Å². The lowest BCUT2D eigenvalue weighted by Gasteiger charge is -2.09. The molecular formula is C11H12NO2. The Bertz CT molecular complexity index is 304. The topological polar surface area (TPSA) is 38.3 Å². The Hall–Kier alpha value is -1.35. The summed E-state index contributed by atoms with van der Waals surface area (Å²) in [7, 11) is 0. The standard InChI is InChI=1S/C11H12NO2/c13-11(9-4-2-1-3-5-9)12-10-6-7-14-8-10/h2-5,10H,6-8H2,(H,12,13). The van der Waals surface area contributed by atoms with Crippen molar-refractivity contribution in [3.63, 3.8) is 0 Å². The molecule has 1 atom stereocenters. The van der Waals surface area contributed by atoms with E-state index in [4.69, 9.17) is 4.74 Å². The third kappa shape index (κ3) is 2.12. The largest absolute Gasteiger partial charge is 0.379 e. The van der Waals surface area contributed by atoms with Gasteiger partial charge in [0.1, 0.15) is 0 Å². The minimum Gasteiger partial charge on any atom is -0.379 e. The summed E-state index contributed by atoms with van der Waals surface area (Å²) in [5, 5.41) is 2.92. The third-order valence-electron chi connectivity index (χ3n) is 2.25. The summed E-state index contributed by atoms with van der Waals surface area (Å²) in [5.74, 6) is -0.0329. The summed E-state index contributed by atoms with van der Waals surface area (Å²) in [4.78, 5) is 11.6. The molecule has 0 spiro atoms. The number of benzene rings is 1. The van der Waals surface area contributed by atoms with Crippen LogP contribution in [-0.2, 0) is 4.74 Å². The quantitative estimate of drug-likeness (QED) is 0.755. The fourth-order valence-corrected chi connectivity index (χ4v) is 1.46. The van der Waals surface area contributed by atoms with E-state index in [1.807, 2.05) is 0 Å². The van der Waals surface area contributed by atoms with E-state index in [-0.39, 0.29) is 11.9 Å². The van der Waals surface area contributed by atoms with Gasteiger partial charge in [-0.05, 0) is 24.6 Å². The molecular weight excluding hydrogens is 178 g/mol. The summed E-state index contributed by atoms with van der Waals surface area (Å²) in [6.07, 6.45) is 0.907. The van der Waals surface area contributed by atoms with E-state index >= 15 is 0 Å². The monoisotopic (exact) mass is 190 g/mol. The van der Waals surface area contributed by atoms with Crippen LogP contribution in [0.4, 0.5) is 0 Å². The molecule has 2 rings (SSSR count). The molecule has 1 aromatic carbocycles. The highest BCUT2D eigenvalue weighted by Gasteiger charge is 2.17. The molecule has 1 aliphatic heterocycles. The highest BCUT2D eigenvalue weighted by molar-refractivity contribution is 5.94. The molecule has 1 fully saturated rings.